The largest absolute Gasteiger partial charge is 0.462 e. The maximum absolute atomic E-state index is 12.7. The van der Waals surface area contributed by atoms with Crippen molar-refractivity contribution in [1.29, 1.82) is 0 Å². The first-order chi connectivity index (χ1) is 14.0. The Morgan fingerprint density at radius 1 is 0.897 bits per heavy atom. The number of carbonyl (C=O) groups is 3. The molecule has 1 heterocycles. The van der Waals surface area contributed by atoms with Crippen LogP contribution in [0.3, 0.4) is 0 Å². The Morgan fingerprint density at radius 2 is 1.62 bits per heavy atom. The fourth-order valence-electron chi connectivity index (χ4n) is 3.90. The topological polar surface area (TPSA) is 104 Å². The summed E-state index contributed by atoms with van der Waals surface area (Å²) < 4.78 is 15.4. The summed E-state index contributed by atoms with van der Waals surface area (Å²) in [6.07, 6.45) is 2.73. The third kappa shape index (κ3) is 4.11. The van der Waals surface area contributed by atoms with Crippen LogP contribution in [0.5, 0.6) is 0 Å². The fourth-order valence-corrected chi connectivity index (χ4v) is 3.90. The van der Waals surface area contributed by atoms with Crippen molar-refractivity contribution in [2.75, 3.05) is 19.8 Å². The lowest BCUT2D eigenvalue weighted by molar-refractivity contribution is -0.138. The number of allylic oxidation sites excluding steroid dienone is 1. The zero-order valence-corrected chi connectivity index (χ0v) is 17.1. The second-order valence-corrected chi connectivity index (χ2v) is 6.73. The number of alkyl carbamates (subject to hydrolysis) is 1. The number of rotatable bonds is 6. The minimum atomic E-state index is -0.733. The van der Waals surface area contributed by atoms with Gasteiger partial charge in [-0.05, 0) is 64.0 Å². The third-order valence-corrected chi connectivity index (χ3v) is 5.00. The lowest BCUT2D eigenvalue weighted by atomic mass is 9.99. The van der Waals surface area contributed by atoms with Crippen LogP contribution in [0.4, 0.5) is 4.79 Å². The van der Waals surface area contributed by atoms with E-state index >= 15 is 0 Å². The molecule has 0 aliphatic heterocycles. The minimum absolute atomic E-state index is 0.0179. The molecule has 3 rings (SSSR count). The van der Waals surface area contributed by atoms with Gasteiger partial charge in [0.15, 0.2) is 0 Å². The van der Waals surface area contributed by atoms with Crippen LogP contribution in [0.25, 0.3) is 5.57 Å². The summed E-state index contributed by atoms with van der Waals surface area (Å²) in [4.78, 5) is 42.0. The second kappa shape index (κ2) is 9.07. The van der Waals surface area contributed by atoms with Gasteiger partial charge in [-0.1, -0.05) is 0 Å². The number of amides is 1. The van der Waals surface area contributed by atoms with Crippen molar-refractivity contribution in [3.8, 4) is 0 Å². The number of fused-ring (bicyclic) bond motifs is 2. The Balaban J connectivity index is 2.13. The predicted molar refractivity (Wildman–Crippen MR) is 104 cm³/mol. The molecule has 0 saturated heterocycles. The van der Waals surface area contributed by atoms with Gasteiger partial charge >= 0.3 is 18.0 Å². The molecule has 1 amide bonds. The van der Waals surface area contributed by atoms with Gasteiger partial charge < -0.3 is 14.2 Å². The first-order valence-electron chi connectivity index (χ1n) is 10.1. The molecule has 0 fully saturated rings. The van der Waals surface area contributed by atoms with E-state index in [0.29, 0.717) is 29.7 Å². The first-order valence-corrected chi connectivity index (χ1v) is 10.1. The van der Waals surface area contributed by atoms with Crippen LogP contribution < -0.4 is 5.32 Å². The zero-order chi connectivity index (χ0) is 21.0. The van der Waals surface area contributed by atoms with E-state index < -0.39 is 12.1 Å². The third-order valence-electron chi connectivity index (χ3n) is 5.00. The van der Waals surface area contributed by atoms with Gasteiger partial charge in [-0.25, -0.2) is 14.4 Å². The Morgan fingerprint density at radius 3 is 2.31 bits per heavy atom. The lowest BCUT2D eigenvalue weighted by Crippen LogP contribution is -2.30. The van der Waals surface area contributed by atoms with Crippen LogP contribution in [0.1, 0.15) is 66.5 Å². The monoisotopic (exact) mass is 402 g/mol. The van der Waals surface area contributed by atoms with Gasteiger partial charge in [0.05, 0.1) is 31.1 Å². The first kappa shape index (κ1) is 20.8. The summed E-state index contributed by atoms with van der Waals surface area (Å²) in [6, 6.07) is 0. The molecule has 1 aromatic heterocycles. The number of nitrogens with zero attached hydrogens (tertiary/aromatic N) is 1. The van der Waals surface area contributed by atoms with E-state index in [-0.39, 0.29) is 31.5 Å². The van der Waals surface area contributed by atoms with E-state index in [1.165, 1.54) is 0 Å². The van der Waals surface area contributed by atoms with Crippen molar-refractivity contribution < 1.29 is 28.6 Å². The highest BCUT2D eigenvalue weighted by Gasteiger charge is 2.34. The van der Waals surface area contributed by atoms with E-state index in [4.69, 9.17) is 19.2 Å². The summed E-state index contributed by atoms with van der Waals surface area (Å²) in [5.41, 5.74) is 4.28. The minimum Gasteiger partial charge on any atom is -0.462 e. The van der Waals surface area contributed by atoms with Crippen LogP contribution in [-0.2, 0) is 38.3 Å². The molecule has 0 radical (unpaired) electrons. The molecule has 29 heavy (non-hydrogen) atoms. The Bertz CT molecular complexity index is 874. The number of esters is 2. The standard InChI is InChI=1S/C21H26N2O6/c1-4-27-19(24)16-12-8-7-9-15(12)22-17-13(16)10-11-14(17)18(20(25)28-5-2)23-21(26)29-6-3/h4-11H2,1-3H3,(H,23,26). The summed E-state index contributed by atoms with van der Waals surface area (Å²) in [5.74, 6) is -1.01. The highest BCUT2D eigenvalue weighted by atomic mass is 16.6. The second-order valence-electron chi connectivity index (χ2n) is 6.73. The van der Waals surface area contributed by atoms with Gasteiger partial charge in [0.2, 0.25) is 0 Å². The molecule has 0 spiro atoms. The van der Waals surface area contributed by atoms with Crippen molar-refractivity contribution in [2.24, 2.45) is 0 Å². The van der Waals surface area contributed by atoms with E-state index in [2.05, 4.69) is 5.32 Å². The van der Waals surface area contributed by atoms with E-state index in [0.717, 1.165) is 36.1 Å². The molecule has 0 bridgehead atoms. The molecular weight excluding hydrogens is 376 g/mol. The normalized spacial score (nSPS) is 16.0. The van der Waals surface area contributed by atoms with Gasteiger partial charge in [-0.15, -0.1) is 0 Å². The Kier molecular flexibility index (Phi) is 6.51. The van der Waals surface area contributed by atoms with Crippen molar-refractivity contribution in [3.05, 3.63) is 33.8 Å². The number of hydrogen-bond donors (Lipinski definition) is 1. The molecule has 8 nitrogen and oxygen atoms in total. The van der Waals surface area contributed by atoms with Gasteiger partial charge in [0.1, 0.15) is 5.70 Å². The molecule has 2 aliphatic rings. The number of pyridine rings is 1. The van der Waals surface area contributed by atoms with Crippen LogP contribution >= 0.6 is 0 Å². The fraction of sp³-hybridized carbons (Fsp3) is 0.524. The average molecular weight is 402 g/mol. The van der Waals surface area contributed by atoms with Crippen molar-refractivity contribution in [1.82, 2.24) is 10.3 Å². The number of carbonyl (C=O) groups excluding carboxylic acids is 3. The zero-order valence-electron chi connectivity index (χ0n) is 17.1. The van der Waals surface area contributed by atoms with Crippen molar-refractivity contribution >= 4 is 23.6 Å². The Hall–Kier alpha value is -2.90. The van der Waals surface area contributed by atoms with Crippen LogP contribution in [0, 0.1) is 0 Å². The van der Waals surface area contributed by atoms with Gasteiger partial charge in [0.25, 0.3) is 0 Å². The van der Waals surface area contributed by atoms with E-state index in [9.17, 15) is 14.4 Å². The molecule has 0 unspecified atom stereocenters. The molecule has 2 aliphatic carbocycles. The van der Waals surface area contributed by atoms with Gasteiger partial charge in [-0.3, -0.25) is 10.3 Å². The summed E-state index contributed by atoms with van der Waals surface area (Å²) in [7, 11) is 0. The quantitative estimate of drug-likeness (QED) is 0.443. The SMILES string of the molecule is CCOC(=O)NC(C(=O)OCC)=C1CCc2c1nc1c(c2C(=O)OCC)CCC1. The summed E-state index contributed by atoms with van der Waals surface area (Å²) in [5, 5.41) is 2.51. The molecule has 0 saturated carbocycles. The molecule has 0 aromatic carbocycles. The number of nitrogens with one attached hydrogen (secondary N) is 1. The molecule has 0 atom stereocenters. The highest BCUT2D eigenvalue weighted by molar-refractivity contribution is 6.02. The number of aryl methyl sites for hydroxylation is 1. The summed E-state index contributed by atoms with van der Waals surface area (Å²) >= 11 is 0. The Labute approximate surface area is 169 Å². The van der Waals surface area contributed by atoms with E-state index in [1.807, 2.05) is 0 Å². The van der Waals surface area contributed by atoms with E-state index in [1.54, 1.807) is 20.8 Å². The maximum Gasteiger partial charge on any atom is 0.411 e. The number of ether oxygens (including phenoxy) is 3. The molecule has 156 valence electrons. The van der Waals surface area contributed by atoms with Gasteiger partial charge in [0, 0.05) is 11.3 Å². The summed E-state index contributed by atoms with van der Waals surface area (Å²) in [6.45, 7) is 5.76. The number of hydrogen-bond acceptors (Lipinski definition) is 7. The predicted octanol–water partition coefficient (Wildman–Crippen LogP) is 2.71. The van der Waals surface area contributed by atoms with Crippen LogP contribution in [0.15, 0.2) is 5.70 Å². The van der Waals surface area contributed by atoms with Gasteiger partial charge in [-0.2, -0.15) is 0 Å². The molecular formula is C21H26N2O6. The highest BCUT2D eigenvalue weighted by Crippen LogP contribution is 2.39. The smallest absolute Gasteiger partial charge is 0.411 e. The van der Waals surface area contributed by atoms with Crippen LogP contribution in [0.2, 0.25) is 0 Å². The average Bonchev–Trinajstić information content (AvgIpc) is 3.31. The van der Waals surface area contributed by atoms with Crippen molar-refractivity contribution in [3.63, 3.8) is 0 Å². The lowest BCUT2D eigenvalue weighted by Gasteiger charge is -2.15. The molecule has 1 aromatic rings. The maximum atomic E-state index is 12.7. The van der Waals surface area contributed by atoms with Crippen molar-refractivity contribution in [2.45, 2.75) is 52.9 Å². The number of aromatic nitrogens is 1. The molecule has 8 heteroatoms. The van der Waals surface area contributed by atoms with Crippen LogP contribution in [-0.4, -0.2) is 42.8 Å². The molecule has 1 N–H and O–H groups in total.